The summed E-state index contributed by atoms with van der Waals surface area (Å²) in [6.07, 6.45) is 0. The summed E-state index contributed by atoms with van der Waals surface area (Å²) in [5, 5.41) is 0. The van der Waals surface area contributed by atoms with Crippen LogP contribution in [-0.2, 0) is 23.9 Å². The molecule has 0 radical (unpaired) electrons. The Labute approximate surface area is 41.3 Å². The molecule has 0 amide bonds. The standard InChI is InChI=1S/C3H6.Hf/c1-3-2;/h1-2H3;/q;+2. The Morgan fingerprint density at radius 3 is 1.50 bits per heavy atom. The van der Waals surface area contributed by atoms with Crippen LogP contribution in [0.2, 0.25) is 0 Å². The third-order valence-corrected chi connectivity index (χ3v) is 0. The first-order valence-electron chi connectivity index (χ1n) is 1.25. The van der Waals surface area contributed by atoms with Crippen LogP contribution in [0.3, 0.4) is 0 Å². The Morgan fingerprint density at radius 2 is 1.50 bits per heavy atom. The molecule has 0 aliphatic carbocycles. The van der Waals surface area contributed by atoms with E-state index < -0.39 is 0 Å². The zero-order chi connectivity index (χ0) is 3.58. The van der Waals surface area contributed by atoms with Crippen LogP contribution in [-0.4, -0.2) is 3.26 Å². The summed E-state index contributed by atoms with van der Waals surface area (Å²) >= 11 is 1.27. The molecule has 0 saturated heterocycles. The van der Waals surface area contributed by atoms with E-state index in [0.29, 0.717) is 0 Å². The van der Waals surface area contributed by atoms with Crippen molar-refractivity contribution in [1.29, 1.82) is 0 Å². The van der Waals surface area contributed by atoms with Gasteiger partial charge >= 0.3 is 41.0 Å². The van der Waals surface area contributed by atoms with Crippen LogP contribution in [0.15, 0.2) is 0 Å². The normalized spacial score (nSPS) is 7.00. The van der Waals surface area contributed by atoms with Gasteiger partial charge in [0.05, 0.1) is 0 Å². The average Bonchev–Trinajstić information content (AvgIpc) is 0.811. The van der Waals surface area contributed by atoms with E-state index in [1.54, 1.807) is 3.26 Å². The quantitative estimate of drug-likeness (QED) is 0.529. The molecule has 0 unspecified atom stereocenters. The summed E-state index contributed by atoms with van der Waals surface area (Å²) in [5.41, 5.74) is 0. The minimum absolute atomic E-state index is 1.27. The molecule has 0 nitrogen and oxygen atoms in total. The van der Waals surface area contributed by atoms with E-state index in [0.717, 1.165) is 0 Å². The predicted octanol–water partition coefficient (Wildman–Crippen LogP) is 0.745. The first kappa shape index (κ1) is 4.74. The van der Waals surface area contributed by atoms with Gasteiger partial charge < -0.3 is 0 Å². The molecule has 1 heteroatoms. The molecule has 0 N–H and O–H groups in total. The average molecular weight is 221 g/mol. The van der Waals surface area contributed by atoms with Crippen molar-refractivity contribution in [3.8, 4) is 0 Å². The van der Waals surface area contributed by atoms with Crippen LogP contribution in [0.4, 0.5) is 0 Å². The molecule has 0 spiro atoms. The Balaban J connectivity index is 2.80. The fourth-order valence-electron chi connectivity index (χ4n) is 0. The summed E-state index contributed by atoms with van der Waals surface area (Å²) in [7, 11) is 0. The van der Waals surface area contributed by atoms with Gasteiger partial charge in [-0.25, -0.2) is 0 Å². The van der Waals surface area contributed by atoms with E-state index in [9.17, 15) is 0 Å². The molecule has 0 aromatic carbocycles. The molecule has 0 saturated carbocycles. The van der Waals surface area contributed by atoms with Gasteiger partial charge in [0.25, 0.3) is 0 Å². The molecule has 20 valence electrons. The summed E-state index contributed by atoms with van der Waals surface area (Å²) in [5.74, 6) is 0. The van der Waals surface area contributed by atoms with Gasteiger partial charge in [0.1, 0.15) is 0 Å². The van der Waals surface area contributed by atoms with Crippen molar-refractivity contribution >= 4 is 3.26 Å². The number of rotatable bonds is 0. The van der Waals surface area contributed by atoms with Gasteiger partial charge in [-0.1, -0.05) is 0 Å². The summed E-state index contributed by atoms with van der Waals surface area (Å²) < 4.78 is 1.56. The van der Waals surface area contributed by atoms with Gasteiger partial charge in [-0.2, -0.15) is 0 Å². The van der Waals surface area contributed by atoms with E-state index in [1.807, 2.05) is 0 Å². The zero-order valence-electron chi connectivity index (χ0n) is 3.00. The van der Waals surface area contributed by atoms with Gasteiger partial charge in [-0.15, -0.1) is 0 Å². The van der Waals surface area contributed by atoms with Crippen LogP contribution in [0.5, 0.6) is 0 Å². The summed E-state index contributed by atoms with van der Waals surface area (Å²) in [6.45, 7) is 4.29. The van der Waals surface area contributed by atoms with Crippen LogP contribution in [0.1, 0.15) is 13.8 Å². The molecular formula is C3H6Hf+2. The SMILES string of the molecule is C[C](C)=[Hf+2]. The van der Waals surface area contributed by atoms with Crippen LogP contribution in [0.25, 0.3) is 0 Å². The van der Waals surface area contributed by atoms with Crippen molar-refractivity contribution < 1.29 is 23.9 Å². The van der Waals surface area contributed by atoms with Crippen LogP contribution >= 0.6 is 0 Å². The molecule has 0 aromatic heterocycles. The molecule has 0 aromatic rings. The second kappa shape index (κ2) is 2.01. The Bertz CT molecular complexity index is 26.3. The molecule has 4 heavy (non-hydrogen) atoms. The van der Waals surface area contributed by atoms with Crippen molar-refractivity contribution in [2.24, 2.45) is 0 Å². The second-order valence-corrected chi connectivity index (χ2v) is 4.59. The third-order valence-electron chi connectivity index (χ3n) is 0. The Hall–Kier alpha value is 0.740. The third kappa shape index (κ3) is 15.1. The van der Waals surface area contributed by atoms with Gasteiger partial charge in [-0.3, -0.25) is 0 Å². The zero-order valence-corrected chi connectivity index (χ0v) is 6.59. The van der Waals surface area contributed by atoms with Gasteiger partial charge in [-0.05, 0) is 0 Å². The number of hydrogen-bond donors (Lipinski definition) is 0. The fourth-order valence-corrected chi connectivity index (χ4v) is 0. The Kier molecular flexibility index (Phi) is 2.38. The Morgan fingerprint density at radius 1 is 1.50 bits per heavy atom. The molecule has 0 bridgehead atoms. The van der Waals surface area contributed by atoms with Crippen LogP contribution in [0, 0.1) is 0 Å². The molecule has 0 fully saturated rings. The molecule has 0 atom stereocenters. The van der Waals surface area contributed by atoms with Crippen LogP contribution < -0.4 is 0 Å². The molecule has 0 rings (SSSR count). The molecule has 0 aliphatic rings. The van der Waals surface area contributed by atoms with E-state index >= 15 is 0 Å². The van der Waals surface area contributed by atoms with E-state index in [1.165, 1.54) is 23.9 Å². The number of hydrogen-bond acceptors (Lipinski definition) is 0. The molecular weight excluding hydrogens is 215 g/mol. The van der Waals surface area contributed by atoms with E-state index in [2.05, 4.69) is 13.8 Å². The molecule has 0 aliphatic heterocycles. The topological polar surface area (TPSA) is 0 Å². The first-order chi connectivity index (χ1) is 1.73. The maximum absolute atomic E-state index is 2.15. The van der Waals surface area contributed by atoms with Crippen molar-refractivity contribution in [3.63, 3.8) is 0 Å². The predicted molar refractivity (Wildman–Crippen MR) is 16.4 cm³/mol. The molecule has 0 heterocycles. The van der Waals surface area contributed by atoms with Crippen molar-refractivity contribution in [2.75, 3.05) is 0 Å². The first-order valence-corrected chi connectivity index (χ1v) is 3.05. The van der Waals surface area contributed by atoms with Crippen molar-refractivity contribution in [2.45, 2.75) is 13.8 Å². The monoisotopic (exact) mass is 222 g/mol. The van der Waals surface area contributed by atoms with Crippen molar-refractivity contribution in [1.82, 2.24) is 0 Å². The fraction of sp³-hybridized carbons (Fsp3) is 0.667. The van der Waals surface area contributed by atoms with E-state index in [-0.39, 0.29) is 0 Å². The summed E-state index contributed by atoms with van der Waals surface area (Å²) in [4.78, 5) is 0. The second-order valence-electron chi connectivity index (χ2n) is 1.00. The maximum atomic E-state index is 2.15. The van der Waals surface area contributed by atoms with E-state index in [4.69, 9.17) is 0 Å². The van der Waals surface area contributed by atoms with Gasteiger partial charge in [0.15, 0.2) is 0 Å². The van der Waals surface area contributed by atoms with Gasteiger partial charge in [0.2, 0.25) is 0 Å². The van der Waals surface area contributed by atoms with Gasteiger partial charge in [0, 0.05) is 0 Å². The minimum atomic E-state index is 1.27. The van der Waals surface area contributed by atoms with Crippen molar-refractivity contribution in [3.05, 3.63) is 0 Å². The summed E-state index contributed by atoms with van der Waals surface area (Å²) in [6, 6.07) is 0.